The molecule has 0 aliphatic rings. The van der Waals surface area contributed by atoms with Crippen molar-refractivity contribution in [3.63, 3.8) is 0 Å². The monoisotopic (exact) mass is 294 g/mol. The van der Waals surface area contributed by atoms with Gasteiger partial charge in [-0.1, -0.05) is 11.6 Å². The van der Waals surface area contributed by atoms with Crippen LogP contribution in [-0.4, -0.2) is 15.7 Å². The Balaban J connectivity index is 2.12. The van der Waals surface area contributed by atoms with Crippen molar-refractivity contribution < 1.29 is 9.53 Å². The maximum Gasteiger partial charge on any atom is 0.340 e. The van der Waals surface area contributed by atoms with Crippen LogP contribution in [-0.2, 0) is 18.4 Å². The number of ether oxygens (including phenoxy) is 1. The van der Waals surface area contributed by atoms with Gasteiger partial charge >= 0.3 is 5.97 Å². The van der Waals surface area contributed by atoms with Gasteiger partial charge in [0.2, 0.25) is 0 Å². The van der Waals surface area contributed by atoms with Crippen LogP contribution in [0.1, 0.15) is 21.7 Å². The summed E-state index contributed by atoms with van der Waals surface area (Å²) in [6.07, 6.45) is 0. The van der Waals surface area contributed by atoms with Gasteiger partial charge < -0.3 is 16.2 Å². The summed E-state index contributed by atoms with van der Waals surface area (Å²) in [6.45, 7) is 1.81. The van der Waals surface area contributed by atoms with Gasteiger partial charge in [0.25, 0.3) is 0 Å². The Hall–Kier alpha value is -2.21. The minimum absolute atomic E-state index is 0.0266. The fourth-order valence-electron chi connectivity index (χ4n) is 1.82. The van der Waals surface area contributed by atoms with Crippen molar-refractivity contribution in [3.05, 3.63) is 40.2 Å². The van der Waals surface area contributed by atoms with E-state index in [1.807, 2.05) is 0 Å². The van der Waals surface area contributed by atoms with Crippen LogP contribution in [0.5, 0.6) is 0 Å². The van der Waals surface area contributed by atoms with E-state index in [2.05, 4.69) is 5.10 Å². The third-order valence-corrected chi connectivity index (χ3v) is 3.39. The minimum Gasteiger partial charge on any atom is -0.455 e. The molecule has 6 nitrogen and oxygen atoms in total. The van der Waals surface area contributed by atoms with Crippen LogP contribution in [0.15, 0.2) is 18.2 Å². The second-order valence-corrected chi connectivity index (χ2v) is 4.77. The lowest BCUT2D eigenvalue weighted by Gasteiger charge is -2.08. The number of aromatic nitrogens is 2. The number of esters is 1. The number of benzene rings is 1. The zero-order valence-corrected chi connectivity index (χ0v) is 11.9. The van der Waals surface area contributed by atoms with Crippen molar-refractivity contribution in [2.75, 3.05) is 11.5 Å². The number of aryl methyl sites for hydroxylation is 2. The van der Waals surface area contributed by atoms with Crippen LogP contribution >= 0.6 is 11.6 Å². The molecule has 20 heavy (non-hydrogen) atoms. The van der Waals surface area contributed by atoms with Gasteiger partial charge in [-0.2, -0.15) is 5.10 Å². The molecule has 0 aliphatic heterocycles. The first-order valence-corrected chi connectivity index (χ1v) is 6.28. The Bertz CT molecular complexity index is 667. The molecule has 0 fully saturated rings. The molecule has 0 spiro atoms. The van der Waals surface area contributed by atoms with Gasteiger partial charge in [0.15, 0.2) is 0 Å². The van der Waals surface area contributed by atoms with Gasteiger partial charge in [0.05, 0.1) is 22.0 Å². The summed E-state index contributed by atoms with van der Waals surface area (Å²) in [5.41, 5.74) is 13.7. The summed E-state index contributed by atoms with van der Waals surface area (Å²) >= 11 is 6.08. The number of carbonyl (C=O) groups is 1. The Labute approximate surface area is 121 Å². The zero-order valence-electron chi connectivity index (χ0n) is 11.2. The van der Waals surface area contributed by atoms with Crippen molar-refractivity contribution in [2.24, 2.45) is 7.05 Å². The number of carbonyl (C=O) groups excluding carboxylic acids is 1. The van der Waals surface area contributed by atoms with Gasteiger partial charge in [0, 0.05) is 18.4 Å². The van der Waals surface area contributed by atoms with Gasteiger partial charge in [0.1, 0.15) is 6.61 Å². The molecule has 0 bridgehead atoms. The van der Waals surface area contributed by atoms with E-state index in [1.54, 1.807) is 24.7 Å². The largest absolute Gasteiger partial charge is 0.455 e. The molecule has 2 rings (SSSR count). The highest BCUT2D eigenvalue weighted by molar-refractivity contribution is 6.31. The lowest BCUT2D eigenvalue weighted by atomic mass is 10.1. The Kier molecular flexibility index (Phi) is 3.85. The third-order valence-electron chi connectivity index (χ3n) is 2.90. The average molecular weight is 295 g/mol. The molecule has 0 unspecified atom stereocenters. The van der Waals surface area contributed by atoms with E-state index in [9.17, 15) is 4.79 Å². The van der Waals surface area contributed by atoms with Crippen molar-refractivity contribution in [3.8, 4) is 0 Å². The number of hydrogen-bond donors (Lipinski definition) is 2. The van der Waals surface area contributed by atoms with Gasteiger partial charge in [-0.3, -0.25) is 4.68 Å². The summed E-state index contributed by atoms with van der Waals surface area (Å²) in [5.74, 6) is -0.530. The standard InChI is InChI=1S/C13H15ClN4O2/c1-7-12(14)11(18(2)17-7)6-20-13(19)9-4-3-8(15)5-10(9)16/h3-5H,6,15-16H2,1-2H3. The van der Waals surface area contributed by atoms with Gasteiger partial charge in [-0.25, -0.2) is 4.79 Å². The first-order valence-electron chi connectivity index (χ1n) is 5.90. The van der Waals surface area contributed by atoms with Crippen LogP contribution in [0.2, 0.25) is 5.02 Å². The van der Waals surface area contributed by atoms with Crippen molar-refractivity contribution >= 4 is 28.9 Å². The first kappa shape index (κ1) is 14.2. The molecule has 1 heterocycles. The quantitative estimate of drug-likeness (QED) is 0.666. The predicted octanol–water partition coefficient (Wildman–Crippen LogP) is 1.90. The highest BCUT2D eigenvalue weighted by Crippen LogP contribution is 2.21. The zero-order chi connectivity index (χ0) is 14.9. The fourth-order valence-corrected chi connectivity index (χ4v) is 2.03. The molecule has 0 saturated heterocycles. The molecular formula is C13H15ClN4O2. The lowest BCUT2D eigenvalue weighted by Crippen LogP contribution is -2.10. The van der Waals surface area contributed by atoms with Crippen molar-refractivity contribution in [1.29, 1.82) is 0 Å². The van der Waals surface area contributed by atoms with Crippen LogP contribution < -0.4 is 11.5 Å². The van der Waals surface area contributed by atoms with E-state index in [1.165, 1.54) is 12.1 Å². The van der Waals surface area contributed by atoms with E-state index in [-0.39, 0.29) is 17.9 Å². The Morgan fingerprint density at radius 2 is 2.15 bits per heavy atom. The van der Waals surface area contributed by atoms with Crippen molar-refractivity contribution in [1.82, 2.24) is 9.78 Å². The Morgan fingerprint density at radius 3 is 2.70 bits per heavy atom. The van der Waals surface area contributed by atoms with E-state index >= 15 is 0 Å². The molecule has 1 aromatic carbocycles. The maximum atomic E-state index is 12.0. The molecule has 0 amide bonds. The predicted molar refractivity (Wildman–Crippen MR) is 77.3 cm³/mol. The SMILES string of the molecule is Cc1nn(C)c(COC(=O)c2ccc(N)cc2N)c1Cl. The molecule has 0 radical (unpaired) electrons. The molecule has 2 aromatic rings. The van der Waals surface area contributed by atoms with E-state index in [0.717, 1.165) is 0 Å². The average Bonchev–Trinajstić information content (AvgIpc) is 2.61. The van der Waals surface area contributed by atoms with Gasteiger partial charge in [-0.15, -0.1) is 0 Å². The molecule has 0 atom stereocenters. The highest BCUT2D eigenvalue weighted by Gasteiger charge is 2.16. The fraction of sp³-hybridized carbons (Fsp3) is 0.231. The number of rotatable bonds is 3. The first-order chi connectivity index (χ1) is 9.40. The molecule has 1 aromatic heterocycles. The second-order valence-electron chi connectivity index (χ2n) is 4.39. The molecule has 106 valence electrons. The Morgan fingerprint density at radius 1 is 1.45 bits per heavy atom. The number of nitrogens with zero attached hydrogens (tertiary/aromatic N) is 2. The van der Waals surface area contributed by atoms with Gasteiger partial charge in [-0.05, 0) is 25.1 Å². The summed E-state index contributed by atoms with van der Waals surface area (Å²) in [4.78, 5) is 12.0. The van der Waals surface area contributed by atoms with Crippen LogP contribution in [0, 0.1) is 6.92 Å². The summed E-state index contributed by atoms with van der Waals surface area (Å²) in [7, 11) is 1.74. The molecule has 7 heteroatoms. The highest BCUT2D eigenvalue weighted by atomic mass is 35.5. The third kappa shape index (κ3) is 2.70. The van der Waals surface area contributed by atoms with Crippen molar-refractivity contribution in [2.45, 2.75) is 13.5 Å². The topological polar surface area (TPSA) is 96.2 Å². The molecule has 0 aliphatic carbocycles. The molecule has 0 saturated carbocycles. The second kappa shape index (κ2) is 5.42. The summed E-state index contributed by atoms with van der Waals surface area (Å²) < 4.78 is 6.79. The normalized spacial score (nSPS) is 10.6. The maximum absolute atomic E-state index is 12.0. The number of nitrogens with two attached hydrogens (primary N) is 2. The number of hydrogen-bond acceptors (Lipinski definition) is 5. The number of nitrogen functional groups attached to an aromatic ring is 2. The van der Waals surface area contributed by atoms with Crippen LogP contribution in [0.25, 0.3) is 0 Å². The van der Waals surface area contributed by atoms with E-state index in [4.69, 9.17) is 27.8 Å². The minimum atomic E-state index is -0.530. The van der Waals surface area contributed by atoms with Crippen LogP contribution in [0.4, 0.5) is 11.4 Å². The van der Waals surface area contributed by atoms with Crippen LogP contribution in [0.3, 0.4) is 0 Å². The summed E-state index contributed by atoms with van der Waals surface area (Å²) in [5, 5.41) is 4.63. The number of halogens is 1. The summed E-state index contributed by atoms with van der Waals surface area (Å²) in [6, 6.07) is 4.63. The molecular weight excluding hydrogens is 280 g/mol. The van der Waals surface area contributed by atoms with E-state index in [0.29, 0.717) is 22.1 Å². The number of anilines is 2. The molecule has 4 N–H and O–H groups in total. The lowest BCUT2D eigenvalue weighted by molar-refractivity contribution is 0.0465. The smallest absolute Gasteiger partial charge is 0.340 e. The van der Waals surface area contributed by atoms with E-state index < -0.39 is 5.97 Å².